The molecule has 1 rings (SSSR count). The predicted octanol–water partition coefficient (Wildman–Crippen LogP) is 4.51. The number of rotatable bonds is 8. The first kappa shape index (κ1) is 16.5. The number of unbranched alkanes of at least 4 members (excludes halogenated alkanes) is 1. The normalized spacial score (nSPS) is 24.1. The van der Waals surface area contributed by atoms with Gasteiger partial charge < -0.3 is 5.32 Å². The van der Waals surface area contributed by atoms with Crippen molar-refractivity contribution in [2.45, 2.75) is 72.1 Å². The van der Waals surface area contributed by atoms with Crippen LogP contribution >= 0.6 is 0 Å². The van der Waals surface area contributed by atoms with Gasteiger partial charge in [0, 0.05) is 0 Å². The molecule has 0 saturated heterocycles. The van der Waals surface area contributed by atoms with Crippen LogP contribution in [0.3, 0.4) is 0 Å². The Morgan fingerprint density at radius 2 is 2.00 bits per heavy atom. The first-order chi connectivity index (χ1) is 9.03. The molecule has 2 atom stereocenters. The maximum atomic E-state index is 8.93. The zero-order valence-electron chi connectivity index (χ0n) is 13.2. The highest BCUT2D eigenvalue weighted by Crippen LogP contribution is 2.30. The number of nitrogens with zero attached hydrogens (tertiary/aromatic N) is 1. The van der Waals surface area contributed by atoms with Gasteiger partial charge in [0.25, 0.3) is 0 Å². The smallest absolute Gasteiger partial charge is 0.0683 e. The number of nitriles is 1. The summed E-state index contributed by atoms with van der Waals surface area (Å²) in [7, 11) is 0. The molecule has 0 aromatic carbocycles. The van der Waals surface area contributed by atoms with Crippen molar-refractivity contribution in [3.8, 4) is 6.07 Å². The molecule has 0 spiro atoms. The Hall–Kier alpha value is -0.550. The van der Waals surface area contributed by atoms with E-state index in [1.54, 1.807) is 0 Å². The van der Waals surface area contributed by atoms with Gasteiger partial charge in [0.2, 0.25) is 0 Å². The van der Waals surface area contributed by atoms with Crippen molar-refractivity contribution >= 4 is 0 Å². The number of hydrogen-bond acceptors (Lipinski definition) is 2. The van der Waals surface area contributed by atoms with Crippen molar-refractivity contribution in [2.75, 3.05) is 13.1 Å². The quantitative estimate of drug-likeness (QED) is 0.655. The topological polar surface area (TPSA) is 35.8 Å². The molecule has 2 nitrogen and oxygen atoms in total. The molecule has 1 aliphatic carbocycles. The molecule has 2 unspecified atom stereocenters. The second-order valence-electron chi connectivity index (χ2n) is 7.13. The van der Waals surface area contributed by atoms with Crippen LogP contribution in [0.25, 0.3) is 0 Å². The third kappa shape index (κ3) is 7.57. The Bertz CT molecular complexity index is 277. The van der Waals surface area contributed by atoms with Crippen LogP contribution in [0.5, 0.6) is 0 Å². The lowest BCUT2D eigenvalue weighted by molar-refractivity contribution is 0.267. The molecule has 0 aliphatic heterocycles. The fourth-order valence-corrected chi connectivity index (χ4v) is 3.13. The van der Waals surface area contributed by atoms with Gasteiger partial charge in [-0.05, 0) is 64.5 Å². The third-order valence-corrected chi connectivity index (χ3v) is 4.48. The minimum Gasteiger partial charge on any atom is -0.317 e. The molecule has 1 saturated carbocycles. The number of nitrogens with one attached hydrogen (secondary N) is 1. The van der Waals surface area contributed by atoms with Crippen LogP contribution in [0.2, 0.25) is 0 Å². The number of hydrogen-bond donors (Lipinski definition) is 1. The van der Waals surface area contributed by atoms with Gasteiger partial charge in [0.1, 0.15) is 0 Å². The molecule has 0 aromatic rings. The summed E-state index contributed by atoms with van der Waals surface area (Å²) in [5.41, 5.74) is -0.141. The van der Waals surface area contributed by atoms with Crippen LogP contribution in [0.15, 0.2) is 0 Å². The molecule has 0 heterocycles. The van der Waals surface area contributed by atoms with Gasteiger partial charge >= 0.3 is 0 Å². The van der Waals surface area contributed by atoms with Gasteiger partial charge in [-0.25, -0.2) is 0 Å². The SMILES string of the molecule is CC1CCCC(CCNCCCCC(C)(C)C#N)C1. The van der Waals surface area contributed by atoms with Crippen LogP contribution in [-0.2, 0) is 0 Å². The van der Waals surface area contributed by atoms with E-state index < -0.39 is 0 Å². The second kappa shape index (κ2) is 8.59. The molecule has 0 aromatic heterocycles. The van der Waals surface area contributed by atoms with E-state index in [1.165, 1.54) is 45.1 Å². The van der Waals surface area contributed by atoms with Crippen molar-refractivity contribution in [1.29, 1.82) is 5.26 Å². The van der Waals surface area contributed by atoms with Crippen LogP contribution in [0.4, 0.5) is 0 Å². The largest absolute Gasteiger partial charge is 0.317 e. The van der Waals surface area contributed by atoms with Gasteiger partial charge in [0.15, 0.2) is 0 Å². The van der Waals surface area contributed by atoms with Gasteiger partial charge in [-0.15, -0.1) is 0 Å². The third-order valence-electron chi connectivity index (χ3n) is 4.48. The van der Waals surface area contributed by atoms with E-state index in [0.717, 1.165) is 31.2 Å². The lowest BCUT2D eigenvalue weighted by atomic mass is 9.81. The lowest BCUT2D eigenvalue weighted by Gasteiger charge is -2.26. The minimum atomic E-state index is -0.141. The highest BCUT2D eigenvalue weighted by molar-refractivity contribution is 4.91. The Kier molecular flexibility index (Phi) is 7.46. The van der Waals surface area contributed by atoms with Crippen LogP contribution in [0, 0.1) is 28.6 Å². The molecule has 19 heavy (non-hydrogen) atoms. The Morgan fingerprint density at radius 3 is 2.68 bits per heavy atom. The molecule has 2 heteroatoms. The molecule has 1 N–H and O–H groups in total. The van der Waals surface area contributed by atoms with Crippen molar-refractivity contribution in [1.82, 2.24) is 5.32 Å². The molecule has 1 aliphatic rings. The Morgan fingerprint density at radius 1 is 1.21 bits per heavy atom. The van der Waals surface area contributed by atoms with Gasteiger partial charge in [0.05, 0.1) is 11.5 Å². The molecule has 0 amide bonds. The fraction of sp³-hybridized carbons (Fsp3) is 0.941. The summed E-state index contributed by atoms with van der Waals surface area (Å²) in [5, 5.41) is 12.5. The average Bonchev–Trinajstić information content (AvgIpc) is 2.38. The lowest BCUT2D eigenvalue weighted by Crippen LogP contribution is -2.22. The molecular weight excluding hydrogens is 232 g/mol. The summed E-state index contributed by atoms with van der Waals surface area (Å²) in [6.07, 6.45) is 10.5. The maximum absolute atomic E-state index is 8.93. The van der Waals surface area contributed by atoms with Gasteiger partial charge in [-0.3, -0.25) is 0 Å². The molecule has 0 radical (unpaired) electrons. The zero-order valence-corrected chi connectivity index (χ0v) is 13.2. The fourth-order valence-electron chi connectivity index (χ4n) is 3.13. The minimum absolute atomic E-state index is 0.141. The first-order valence-corrected chi connectivity index (χ1v) is 8.15. The summed E-state index contributed by atoms with van der Waals surface area (Å²) >= 11 is 0. The average molecular weight is 264 g/mol. The summed E-state index contributed by atoms with van der Waals surface area (Å²) in [6, 6.07) is 2.37. The Balaban J connectivity index is 1.93. The highest BCUT2D eigenvalue weighted by atomic mass is 14.8. The monoisotopic (exact) mass is 264 g/mol. The van der Waals surface area contributed by atoms with E-state index in [2.05, 4.69) is 18.3 Å². The van der Waals surface area contributed by atoms with Gasteiger partial charge in [-0.1, -0.05) is 32.6 Å². The molecule has 110 valence electrons. The van der Waals surface area contributed by atoms with E-state index in [9.17, 15) is 0 Å². The van der Waals surface area contributed by atoms with Crippen LogP contribution in [-0.4, -0.2) is 13.1 Å². The first-order valence-electron chi connectivity index (χ1n) is 8.15. The summed E-state index contributed by atoms with van der Waals surface area (Å²) in [5.74, 6) is 1.92. The maximum Gasteiger partial charge on any atom is 0.0683 e. The standard InChI is InChI=1S/C17H32N2/c1-15-7-6-8-16(13-15)9-12-19-11-5-4-10-17(2,3)14-18/h15-16,19H,4-13H2,1-3H3. The van der Waals surface area contributed by atoms with Crippen molar-refractivity contribution < 1.29 is 0 Å². The van der Waals surface area contributed by atoms with Crippen molar-refractivity contribution in [3.05, 3.63) is 0 Å². The van der Waals surface area contributed by atoms with E-state index in [0.29, 0.717) is 0 Å². The molecular formula is C17H32N2. The highest BCUT2D eigenvalue weighted by Gasteiger charge is 2.18. The van der Waals surface area contributed by atoms with Crippen LogP contribution < -0.4 is 5.32 Å². The van der Waals surface area contributed by atoms with E-state index in [4.69, 9.17) is 5.26 Å². The van der Waals surface area contributed by atoms with E-state index >= 15 is 0 Å². The predicted molar refractivity (Wildman–Crippen MR) is 81.9 cm³/mol. The second-order valence-corrected chi connectivity index (χ2v) is 7.13. The molecule has 1 fully saturated rings. The summed E-state index contributed by atoms with van der Waals surface area (Å²) < 4.78 is 0. The Labute approximate surface area is 120 Å². The van der Waals surface area contributed by atoms with Crippen LogP contribution in [0.1, 0.15) is 72.1 Å². The van der Waals surface area contributed by atoms with Gasteiger partial charge in [-0.2, -0.15) is 5.26 Å². The summed E-state index contributed by atoms with van der Waals surface area (Å²) in [4.78, 5) is 0. The van der Waals surface area contributed by atoms with E-state index in [-0.39, 0.29) is 5.41 Å². The summed E-state index contributed by atoms with van der Waals surface area (Å²) in [6.45, 7) is 8.76. The zero-order chi connectivity index (χ0) is 14.1. The van der Waals surface area contributed by atoms with E-state index in [1.807, 2.05) is 13.8 Å². The van der Waals surface area contributed by atoms with Crippen molar-refractivity contribution in [3.63, 3.8) is 0 Å². The van der Waals surface area contributed by atoms with Crippen molar-refractivity contribution in [2.24, 2.45) is 17.3 Å². The molecule has 0 bridgehead atoms.